The molecule has 2 aliphatic rings. The largest absolute Gasteiger partial charge is 0.337 e. The van der Waals surface area contributed by atoms with Gasteiger partial charge in [0.25, 0.3) is 5.91 Å². The highest BCUT2D eigenvalue weighted by Gasteiger charge is 2.39. The fourth-order valence-electron chi connectivity index (χ4n) is 3.34. The van der Waals surface area contributed by atoms with Gasteiger partial charge >= 0.3 is 0 Å². The minimum Gasteiger partial charge on any atom is -0.337 e. The summed E-state index contributed by atoms with van der Waals surface area (Å²) < 4.78 is 0. The highest BCUT2D eigenvalue weighted by molar-refractivity contribution is 8.19. The summed E-state index contributed by atoms with van der Waals surface area (Å²) in [6.07, 6.45) is 1.71. The average Bonchev–Trinajstić information content (AvgIpc) is 3.27. The van der Waals surface area contributed by atoms with Crippen molar-refractivity contribution in [2.45, 2.75) is 11.4 Å². The van der Waals surface area contributed by atoms with Crippen LogP contribution in [0.4, 0.5) is 11.5 Å². The molecule has 5 nitrogen and oxygen atoms in total. The van der Waals surface area contributed by atoms with Crippen LogP contribution in [-0.2, 0) is 11.3 Å². The summed E-state index contributed by atoms with van der Waals surface area (Å²) in [5, 5.41) is 1.59. The van der Waals surface area contributed by atoms with E-state index < -0.39 is 0 Å². The fourth-order valence-corrected chi connectivity index (χ4v) is 5.67. The number of hydrogen-bond donors (Lipinski definition) is 0. The summed E-state index contributed by atoms with van der Waals surface area (Å²) >= 11 is 3.04. The van der Waals surface area contributed by atoms with Crippen molar-refractivity contribution in [3.05, 3.63) is 94.5 Å². The smallest absolute Gasteiger partial charge is 0.269 e. The molecule has 0 spiro atoms. The summed E-state index contributed by atoms with van der Waals surface area (Å²) in [7, 11) is 2.00. The third-order valence-corrected chi connectivity index (χ3v) is 7.27. The van der Waals surface area contributed by atoms with E-state index in [-0.39, 0.29) is 5.91 Å². The normalized spacial score (nSPS) is 19.6. The van der Waals surface area contributed by atoms with Crippen LogP contribution in [0.25, 0.3) is 0 Å². The van der Waals surface area contributed by atoms with Gasteiger partial charge in [-0.2, -0.15) is 0 Å². The molecule has 1 fully saturated rings. The van der Waals surface area contributed by atoms with Gasteiger partial charge in [-0.15, -0.1) is 0 Å². The highest BCUT2D eigenvalue weighted by atomic mass is 32.2. The molecule has 148 valence electrons. The van der Waals surface area contributed by atoms with Gasteiger partial charge in [0.15, 0.2) is 11.0 Å². The number of carbonyl (C=O) groups is 1. The lowest BCUT2D eigenvalue weighted by atomic mass is 10.2. The Morgan fingerprint density at radius 1 is 0.933 bits per heavy atom. The molecule has 7 heteroatoms. The molecule has 1 saturated heterocycles. The van der Waals surface area contributed by atoms with Crippen LogP contribution in [0.15, 0.2) is 98.8 Å². The third kappa shape index (κ3) is 3.51. The molecule has 0 radical (unpaired) electrons. The Kier molecular flexibility index (Phi) is 5.06. The van der Waals surface area contributed by atoms with E-state index in [1.165, 1.54) is 11.8 Å². The lowest BCUT2D eigenvalue weighted by Gasteiger charge is -2.16. The summed E-state index contributed by atoms with van der Waals surface area (Å²) in [5.74, 6) is 0.563. The second-order valence-electron chi connectivity index (χ2n) is 6.82. The molecular formula is C23H18N4OS2. The number of carbonyl (C=O) groups excluding carboxylic acids is 1. The van der Waals surface area contributed by atoms with Gasteiger partial charge in [0.05, 0.1) is 17.3 Å². The number of rotatable bonds is 3. The zero-order valence-electron chi connectivity index (χ0n) is 16.2. The van der Waals surface area contributed by atoms with E-state index in [0.29, 0.717) is 22.4 Å². The number of hydrogen-bond acceptors (Lipinski definition) is 6. The van der Waals surface area contributed by atoms with Crippen molar-refractivity contribution in [1.29, 1.82) is 0 Å². The van der Waals surface area contributed by atoms with Gasteiger partial charge in [0.1, 0.15) is 4.91 Å². The lowest BCUT2D eigenvalue weighted by molar-refractivity contribution is -0.122. The molecular weight excluding hydrogens is 412 g/mol. The monoisotopic (exact) mass is 430 g/mol. The number of para-hydroxylation sites is 1. The minimum absolute atomic E-state index is 0.0271. The first kappa shape index (κ1) is 19.0. The van der Waals surface area contributed by atoms with Crippen LogP contribution in [0.2, 0.25) is 0 Å². The maximum Gasteiger partial charge on any atom is 0.269 e. The van der Waals surface area contributed by atoms with Gasteiger partial charge in [-0.3, -0.25) is 9.69 Å². The molecule has 0 N–H and O–H groups in total. The summed E-state index contributed by atoms with van der Waals surface area (Å²) in [6.45, 7) is 0.469. The van der Waals surface area contributed by atoms with Gasteiger partial charge < -0.3 is 4.90 Å². The van der Waals surface area contributed by atoms with Crippen LogP contribution in [-0.4, -0.2) is 28.0 Å². The van der Waals surface area contributed by atoms with Crippen LogP contribution in [0.5, 0.6) is 0 Å². The molecule has 0 bridgehead atoms. The molecule has 2 aromatic carbocycles. The van der Waals surface area contributed by atoms with Crippen molar-refractivity contribution in [2.75, 3.05) is 11.9 Å². The van der Waals surface area contributed by atoms with Crippen molar-refractivity contribution in [3.8, 4) is 0 Å². The standard InChI is InChI=1S/C23H18N4OS2/c1-26-17-11-5-6-12-18(17)29-22(26)20-21(28)27(15-16-9-3-2-4-10-16)23(30-20)25-19-13-7-8-14-24-19/h2-14H,15H2,1H3/b22-20+,25-23-. The lowest BCUT2D eigenvalue weighted by Crippen LogP contribution is -2.29. The Bertz CT molecular complexity index is 1160. The van der Waals surface area contributed by atoms with Crippen molar-refractivity contribution < 1.29 is 4.79 Å². The summed E-state index contributed by atoms with van der Waals surface area (Å²) in [6, 6.07) is 23.8. The molecule has 1 aromatic heterocycles. The van der Waals surface area contributed by atoms with E-state index in [9.17, 15) is 4.79 Å². The van der Waals surface area contributed by atoms with Gasteiger partial charge in [-0.05, 0) is 41.6 Å². The predicted molar refractivity (Wildman–Crippen MR) is 124 cm³/mol. The number of nitrogens with zero attached hydrogens (tertiary/aromatic N) is 4. The number of aromatic nitrogens is 1. The van der Waals surface area contributed by atoms with E-state index >= 15 is 0 Å². The Balaban J connectivity index is 1.55. The van der Waals surface area contributed by atoms with E-state index in [0.717, 1.165) is 21.2 Å². The maximum atomic E-state index is 13.5. The van der Waals surface area contributed by atoms with Gasteiger partial charge in [0.2, 0.25) is 0 Å². The van der Waals surface area contributed by atoms with Crippen LogP contribution >= 0.6 is 23.5 Å². The average molecular weight is 431 g/mol. The van der Waals surface area contributed by atoms with E-state index in [2.05, 4.69) is 22.0 Å². The number of benzene rings is 2. The minimum atomic E-state index is -0.0271. The molecule has 3 aromatic rings. The van der Waals surface area contributed by atoms with Crippen molar-refractivity contribution >= 4 is 46.1 Å². The fraction of sp³-hybridized carbons (Fsp3) is 0.0870. The van der Waals surface area contributed by atoms with Crippen LogP contribution in [0, 0.1) is 0 Å². The molecule has 2 aliphatic heterocycles. The Hall–Kier alpha value is -3.03. The van der Waals surface area contributed by atoms with Crippen molar-refractivity contribution in [3.63, 3.8) is 0 Å². The van der Waals surface area contributed by atoms with Gasteiger partial charge in [0, 0.05) is 18.1 Å². The number of amides is 1. The topological polar surface area (TPSA) is 48.8 Å². The molecule has 1 amide bonds. The SMILES string of the molecule is CN1/C(=C2\S/C(=N\c3ccccn3)N(Cc3ccccc3)C2=O)Sc2ccccc21. The number of aliphatic imine (C=N–C) groups is 1. The summed E-state index contributed by atoms with van der Waals surface area (Å²) in [5.41, 5.74) is 2.17. The van der Waals surface area contributed by atoms with E-state index in [1.54, 1.807) is 22.9 Å². The first-order valence-corrected chi connectivity index (χ1v) is 11.1. The van der Waals surface area contributed by atoms with Crippen LogP contribution < -0.4 is 4.90 Å². The Labute approximate surface area is 183 Å². The molecule has 0 aliphatic carbocycles. The molecule has 0 unspecified atom stereocenters. The number of anilines is 1. The molecule has 0 atom stereocenters. The summed E-state index contributed by atoms with van der Waals surface area (Å²) in [4.78, 5) is 28.2. The quantitative estimate of drug-likeness (QED) is 0.531. The highest BCUT2D eigenvalue weighted by Crippen LogP contribution is 2.50. The maximum absolute atomic E-state index is 13.5. The van der Waals surface area contributed by atoms with Gasteiger partial charge in [-0.25, -0.2) is 9.98 Å². The Morgan fingerprint density at radius 3 is 2.47 bits per heavy atom. The third-order valence-electron chi connectivity index (χ3n) is 4.84. The Morgan fingerprint density at radius 2 is 1.70 bits per heavy atom. The number of fused-ring (bicyclic) bond motifs is 1. The number of thioether (sulfide) groups is 2. The van der Waals surface area contributed by atoms with E-state index in [4.69, 9.17) is 4.99 Å². The zero-order valence-corrected chi connectivity index (χ0v) is 17.9. The zero-order chi connectivity index (χ0) is 20.5. The van der Waals surface area contributed by atoms with Crippen molar-refractivity contribution in [1.82, 2.24) is 9.88 Å². The molecule has 3 heterocycles. The number of amidine groups is 1. The van der Waals surface area contributed by atoms with Crippen LogP contribution in [0.1, 0.15) is 5.56 Å². The van der Waals surface area contributed by atoms with Gasteiger partial charge in [-0.1, -0.05) is 60.3 Å². The molecule has 30 heavy (non-hydrogen) atoms. The van der Waals surface area contributed by atoms with Crippen molar-refractivity contribution in [2.24, 2.45) is 4.99 Å². The number of pyridine rings is 1. The van der Waals surface area contributed by atoms with E-state index in [1.807, 2.05) is 67.7 Å². The first-order chi connectivity index (χ1) is 14.7. The molecule has 5 rings (SSSR count). The second kappa shape index (κ2) is 8.01. The first-order valence-electron chi connectivity index (χ1n) is 9.49. The molecule has 0 saturated carbocycles. The van der Waals surface area contributed by atoms with Crippen LogP contribution in [0.3, 0.4) is 0 Å². The predicted octanol–water partition coefficient (Wildman–Crippen LogP) is 5.26. The second-order valence-corrected chi connectivity index (χ2v) is 8.83.